The molecule has 29 heavy (non-hydrogen) atoms. The van der Waals surface area contributed by atoms with Gasteiger partial charge in [-0.05, 0) is 28.8 Å². The van der Waals surface area contributed by atoms with Gasteiger partial charge in [0.05, 0.1) is 13.5 Å². The molecule has 0 saturated carbocycles. The van der Waals surface area contributed by atoms with Crippen LogP contribution in [0, 0.1) is 0 Å². The van der Waals surface area contributed by atoms with E-state index in [1.807, 2.05) is 54.6 Å². The number of nitrogens with one attached hydrogen (secondary N) is 2. The first-order valence-corrected chi connectivity index (χ1v) is 9.13. The molecule has 0 unspecified atom stereocenters. The van der Waals surface area contributed by atoms with E-state index in [-0.39, 0.29) is 18.9 Å². The van der Waals surface area contributed by atoms with Gasteiger partial charge in [-0.2, -0.15) is 0 Å². The summed E-state index contributed by atoms with van der Waals surface area (Å²) >= 11 is 0. The summed E-state index contributed by atoms with van der Waals surface area (Å²) in [6.07, 6.45) is 0.159. The second-order valence-electron chi connectivity index (χ2n) is 6.30. The van der Waals surface area contributed by atoms with Crippen LogP contribution in [-0.2, 0) is 16.0 Å². The Morgan fingerprint density at radius 1 is 0.759 bits per heavy atom. The van der Waals surface area contributed by atoms with Crippen LogP contribution in [0.1, 0.15) is 5.56 Å². The lowest BCUT2D eigenvalue weighted by molar-refractivity contribution is -0.129. The first kappa shape index (κ1) is 19.9. The molecular weight excluding hydrogens is 368 g/mol. The van der Waals surface area contributed by atoms with Crippen LogP contribution in [0.2, 0.25) is 0 Å². The molecule has 0 atom stereocenters. The van der Waals surface area contributed by atoms with Gasteiger partial charge in [0.15, 0.2) is 6.61 Å². The van der Waals surface area contributed by atoms with E-state index in [1.54, 1.807) is 31.4 Å². The lowest BCUT2D eigenvalue weighted by atomic mass is 10.0. The largest absolute Gasteiger partial charge is 0.497 e. The highest BCUT2D eigenvalue weighted by Crippen LogP contribution is 2.20. The highest BCUT2D eigenvalue weighted by atomic mass is 16.5. The molecule has 3 aromatic rings. The van der Waals surface area contributed by atoms with E-state index in [4.69, 9.17) is 9.47 Å². The molecule has 0 aliphatic rings. The summed E-state index contributed by atoms with van der Waals surface area (Å²) in [6, 6.07) is 24.7. The van der Waals surface area contributed by atoms with Crippen LogP contribution in [0.4, 0.5) is 0 Å². The van der Waals surface area contributed by atoms with E-state index >= 15 is 0 Å². The van der Waals surface area contributed by atoms with Crippen molar-refractivity contribution in [2.24, 2.45) is 0 Å². The van der Waals surface area contributed by atoms with Gasteiger partial charge in [-0.3, -0.25) is 20.4 Å². The van der Waals surface area contributed by atoms with Gasteiger partial charge in [-0.15, -0.1) is 0 Å². The maximum atomic E-state index is 12.0. The number of hydrogen-bond donors (Lipinski definition) is 2. The number of carbonyl (C=O) groups is 2. The number of ether oxygens (including phenoxy) is 2. The van der Waals surface area contributed by atoms with Crippen LogP contribution < -0.4 is 20.3 Å². The van der Waals surface area contributed by atoms with Crippen molar-refractivity contribution in [1.29, 1.82) is 0 Å². The zero-order valence-electron chi connectivity index (χ0n) is 16.1. The fourth-order valence-electron chi connectivity index (χ4n) is 2.69. The number of amides is 2. The van der Waals surface area contributed by atoms with Gasteiger partial charge in [-0.25, -0.2) is 0 Å². The predicted molar refractivity (Wildman–Crippen MR) is 110 cm³/mol. The van der Waals surface area contributed by atoms with Crippen LogP contribution in [0.25, 0.3) is 11.1 Å². The molecule has 0 aromatic heterocycles. The second kappa shape index (κ2) is 9.94. The molecular formula is C23H22N2O4. The Labute approximate surface area is 169 Å². The van der Waals surface area contributed by atoms with Crippen LogP contribution in [0.3, 0.4) is 0 Å². The second-order valence-corrected chi connectivity index (χ2v) is 6.30. The maximum absolute atomic E-state index is 12.0. The third kappa shape index (κ3) is 6.10. The molecule has 0 radical (unpaired) electrons. The van der Waals surface area contributed by atoms with E-state index in [1.165, 1.54) is 0 Å². The minimum Gasteiger partial charge on any atom is -0.497 e. The van der Waals surface area contributed by atoms with Gasteiger partial charge in [0.2, 0.25) is 5.91 Å². The monoisotopic (exact) mass is 390 g/mol. The first-order chi connectivity index (χ1) is 14.1. The highest BCUT2D eigenvalue weighted by Gasteiger charge is 2.07. The van der Waals surface area contributed by atoms with E-state index in [9.17, 15) is 9.59 Å². The Kier molecular flexibility index (Phi) is 6.84. The van der Waals surface area contributed by atoms with Gasteiger partial charge in [0.1, 0.15) is 11.5 Å². The van der Waals surface area contributed by atoms with Crippen molar-refractivity contribution in [2.75, 3.05) is 13.7 Å². The summed E-state index contributed by atoms with van der Waals surface area (Å²) in [4.78, 5) is 23.9. The van der Waals surface area contributed by atoms with Gasteiger partial charge in [-0.1, -0.05) is 60.7 Å². The third-order valence-electron chi connectivity index (χ3n) is 4.18. The smallest absolute Gasteiger partial charge is 0.276 e. The molecule has 2 N–H and O–H groups in total. The van der Waals surface area contributed by atoms with E-state index in [2.05, 4.69) is 10.9 Å². The zero-order valence-corrected chi connectivity index (χ0v) is 16.1. The number of carbonyl (C=O) groups excluding carboxylic acids is 2. The minimum atomic E-state index is -0.458. The Morgan fingerprint density at radius 2 is 1.41 bits per heavy atom. The van der Waals surface area contributed by atoms with E-state index in [0.717, 1.165) is 16.7 Å². The van der Waals surface area contributed by atoms with Gasteiger partial charge >= 0.3 is 0 Å². The van der Waals surface area contributed by atoms with Gasteiger partial charge < -0.3 is 9.47 Å². The molecule has 2 amide bonds. The van der Waals surface area contributed by atoms with Gasteiger partial charge in [0, 0.05) is 6.07 Å². The molecule has 3 rings (SSSR count). The zero-order chi connectivity index (χ0) is 20.5. The van der Waals surface area contributed by atoms with Crippen molar-refractivity contribution in [3.05, 3.63) is 84.4 Å². The van der Waals surface area contributed by atoms with Crippen molar-refractivity contribution in [3.63, 3.8) is 0 Å². The molecule has 3 aromatic carbocycles. The normalized spacial score (nSPS) is 10.1. The number of benzene rings is 3. The third-order valence-corrected chi connectivity index (χ3v) is 4.18. The number of rotatable bonds is 7. The van der Waals surface area contributed by atoms with Crippen molar-refractivity contribution in [2.45, 2.75) is 6.42 Å². The maximum Gasteiger partial charge on any atom is 0.276 e. The number of hydrogen-bond acceptors (Lipinski definition) is 4. The molecule has 6 nitrogen and oxygen atoms in total. The van der Waals surface area contributed by atoms with E-state index < -0.39 is 5.91 Å². The highest BCUT2D eigenvalue weighted by molar-refractivity contribution is 5.84. The Morgan fingerprint density at radius 3 is 2.14 bits per heavy atom. The van der Waals surface area contributed by atoms with Crippen molar-refractivity contribution in [3.8, 4) is 22.6 Å². The molecule has 0 aliphatic heterocycles. The summed E-state index contributed by atoms with van der Waals surface area (Å²) in [5.74, 6) is 0.367. The Balaban J connectivity index is 1.42. The summed E-state index contributed by atoms with van der Waals surface area (Å²) in [6.45, 7) is -0.223. The lowest BCUT2D eigenvalue weighted by Gasteiger charge is -2.10. The molecule has 0 bridgehead atoms. The Hall–Kier alpha value is -3.80. The van der Waals surface area contributed by atoms with Crippen molar-refractivity contribution in [1.82, 2.24) is 10.9 Å². The lowest BCUT2D eigenvalue weighted by Crippen LogP contribution is -2.44. The van der Waals surface area contributed by atoms with Crippen molar-refractivity contribution >= 4 is 11.8 Å². The molecule has 0 fully saturated rings. The summed E-state index contributed by atoms with van der Waals surface area (Å²) in [7, 11) is 1.55. The standard InChI is InChI=1S/C23H22N2O4/c1-28-20-8-5-9-21(15-20)29-16-23(27)25-24-22(26)14-17-10-12-19(13-11-17)18-6-3-2-4-7-18/h2-13,15H,14,16H2,1H3,(H,24,26)(H,25,27). The Bertz CT molecular complexity index is 956. The molecule has 0 spiro atoms. The molecule has 148 valence electrons. The van der Waals surface area contributed by atoms with E-state index in [0.29, 0.717) is 11.5 Å². The SMILES string of the molecule is COc1cccc(OCC(=O)NNC(=O)Cc2ccc(-c3ccccc3)cc2)c1. The topological polar surface area (TPSA) is 76.7 Å². The van der Waals surface area contributed by atoms with Crippen LogP contribution in [-0.4, -0.2) is 25.5 Å². The fraction of sp³-hybridized carbons (Fsp3) is 0.130. The quantitative estimate of drug-likeness (QED) is 0.608. The average molecular weight is 390 g/mol. The molecule has 0 saturated heterocycles. The van der Waals surface area contributed by atoms with Crippen LogP contribution in [0.15, 0.2) is 78.9 Å². The molecule has 0 aliphatic carbocycles. The minimum absolute atomic E-state index is 0.159. The predicted octanol–water partition coefficient (Wildman–Crippen LogP) is 3.13. The van der Waals surface area contributed by atoms with Crippen molar-refractivity contribution < 1.29 is 19.1 Å². The molecule has 0 heterocycles. The molecule has 6 heteroatoms. The summed E-state index contributed by atoms with van der Waals surface area (Å²) < 4.78 is 10.5. The summed E-state index contributed by atoms with van der Waals surface area (Å²) in [5, 5.41) is 0. The fourth-order valence-corrected chi connectivity index (χ4v) is 2.69. The van der Waals surface area contributed by atoms with Crippen LogP contribution >= 0.6 is 0 Å². The number of methoxy groups -OCH3 is 1. The first-order valence-electron chi connectivity index (χ1n) is 9.13. The number of hydrazine groups is 1. The summed E-state index contributed by atoms with van der Waals surface area (Å²) in [5.41, 5.74) is 7.79. The van der Waals surface area contributed by atoms with Gasteiger partial charge in [0.25, 0.3) is 5.91 Å². The average Bonchev–Trinajstić information content (AvgIpc) is 2.77. The van der Waals surface area contributed by atoms with Crippen LogP contribution in [0.5, 0.6) is 11.5 Å².